The highest BCUT2D eigenvalue weighted by Gasteiger charge is 2.19. The number of nitrogens with zero attached hydrogens (tertiary/aromatic N) is 4. The fourth-order valence-electron chi connectivity index (χ4n) is 3.13. The second-order valence-corrected chi connectivity index (χ2v) is 6.73. The first-order chi connectivity index (χ1) is 12.2. The molecule has 0 atom stereocenters. The SMILES string of the molecule is CCN(Cc1ccccc1)C(=O)c1cnc(N2CCC(C)CC2)cn1. The van der Waals surface area contributed by atoms with Gasteiger partial charge in [0.2, 0.25) is 0 Å². The van der Waals surface area contributed by atoms with Crippen LogP contribution in [-0.2, 0) is 6.54 Å². The van der Waals surface area contributed by atoms with Gasteiger partial charge in [-0.05, 0) is 31.2 Å². The Morgan fingerprint density at radius 2 is 1.88 bits per heavy atom. The van der Waals surface area contributed by atoms with Crippen molar-refractivity contribution in [3.8, 4) is 0 Å². The van der Waals surface area contributed by atoms with E-state index in [0.29, 0.717) is 18.8 Å². The van der Waals surface area contributed by atoms with Gasteiger partial charge in [0.15, 0.2) is 0 Å². The number of benzene rings is 1. The zero-order chi connectivity index (χ0) is 17.6. The van der Waals surface area contributed by atoms with Crippen LogP contribution in [0.3, 0.4) is 0 Å². The van der Waals surface area contributed by atoms with Gasteiger partial charge in [-0.3, -0.25) is 4.79 Å². The smallest absolute Gasteiger partial charge is 0.274 e. The number of carbonyl (C=O) groups is 1. The first-order valence-electron chi connectivity index (χ1n) is 9.07. The van der Waals surface area contributed by atoms with Gasteiger partial charge in [-0.1, -0.05) is 37.3 Å². The maximum Gasteiger partial charge on any atom is 0.274 e. The zero-order valence-electron chi connectivity index (χ0n) is 15.1. The van der Waals surface area contributed by atoms with E-state index in [1.807, 2.05) is 37.3 Å². The molecule has 1 amide bonds. The Hall–Kier alpha value is -2.43. The van der Waals surface area contributed by atoms with Crippen LogP contribution >= 0.6 is 0 Å². The average Bonchev–Trinajstić information content (AvgIpc) is 2.67. The van der Waals surface area contributed by atoms with E-state index in [-0.39, 0.29) is 5.91 Å². The Kier molecular flexibility index (Phi) is 5.64. The number of carbonyl (C=O) groups excluding carboxylic acids is 1. The van der Waals surface area contributed by atoms with E-state index < -0.39 is 0 Å². The van der Waals surface area contributed by atoms with Crippen LogP contribution in [0.2, 0.25) is 0 Å². The van der Waals surface area contributed by atoms with Gasteiger partial charge in [0.1, 0.15) is 11.5 Å². The quantitative estimate of drug-likeness (QED) is 0.839. The number of piperidine rings is 1. The highest BCUT2D eigenvalue weighted by atomic mass is 16.2. The molecular formula is C20H26N4O. The summed E-state index contributed by atoms with van der Waals surface area (Å²) >= 11 is 0. The normalized spacial score (nSPS) is 15.2. The number of hydrogen-bond donors (Lipinski definition) is 0. The monoisotopic (exact) mass is 338 g/mol. The maximum absolute atomic E-state index is 12.7. The summed E-state index contributed by atoms with van der Waals surface area (Å²) in [6, 6.07) is 10.0. The molecule has 1 aromatic heterocycles. The molecule has 2 heterocycles. The molecule has 1 saturated heterocycles. The van der Waals surface area contributed by atoms with E-state index >= 15 is 0 Å². The van der Waals surface area contributed by atoms with E-state index in [1.54, 1.807) is 17.3 Å². The Morgan fingerprint density at radius 1 is 1.16 bits per heavy atom. The molecule has 2 aromatic rings. The van der Waals surface area contributed by atoms with Crippen LogP contribution in [0.25, 0.3) is 0 Å². The van der Waals surface area contributed by atoms with Gasteiger partial charge in [0.25, 0.3) is 5.91 Å². The first-order valence-corrected chi connectivity index (χ1v) is 9.07. The molecule has 0 radical (unpaired) electrons. The van der Waals surface area contributed by atoms with Gasteiger partial charge in [0.05, 0.1) is 12.4 Å². The molecule has 0 saturated carbocycles. The van der Waals surface area contributed by atoms with Crippen molar-refractivity contribution in [1.29, 1.82) is 0 Å². The molecular weight excluding hydrogens is 312 g/mol. The van der Waals surface area contributed by atoms with Crippen LogP contribution in [-0.4, -0.2) is 40.4 Å². The van der Waals surface area contributed by atoms with Crippen LogP contribution in [0.1, 0.15) is 42.7 Å². The lowest BCUT2D eigenvalue weighted by Crippen LogP contribution is -2.34. The lowest BCUT2D eigenvalue weighted by Gasteiger charge is -2.31. The van der Waals surface area contributed by atoms with Gasteiger partial charge >= 0.3 is 0 Å². The second-order valence-electron chi connectivity index (χ2n) is 6.73. The molecule has 132 valence electrons. The standard InChI is InChI=1S/C20H26N4O/c1-3-23(15-17-7-5-4-6-8-17)20(25)18-13-22-19(14-21-18)24-11-9-16(2)10-12-24/h4-8,13-14,16H,3,9-12,15H2,1-2H3. The fourth-order valence-corrected chi connectivity index (χ4v) is 3.13. The molecule has 25 heavy (non-hydrogen) atoms. The predicted octanol–water partition coefficient (Wildman–Crippen LogP) is 3.38. The Morgan fingerprint density at radius 3 is 2.48 bits per heavy atom. The highest BCUT2D eigenvalue weighted by Crippen LogP contribution is 2.20. The number of amides is 1. The Labute approximate surface area is 149 Å². The van der Waals surface area contributed by atoms with Crippen molar-refractivity contribution in [3.63, 3.8) is 0 Å². The third-order valence-electron chi connectivity index (χ3n) is 4.85. The summed E-state index contributed by atoms with van der Waals surface area (Å²) in [4.78, 5) is 25.6. The van der Waals surface area contributed by atoms with Crippen LogP contribution in [0.15, 0.2) is 42.7 Å². The van der Waals surface area contributed by atoms with Crippen molar-refractivity contribution in [2.75, 3.05) is 24.5 Å². The molecule has 0 unspecified atom stereocenters. The lowest BCUT2D eigenvalue weighted by atomic mass is 9.99. The van der Waals surface area contributed by atoms with Crippen molar-refractivity contribution in [2.45, 2.75) is 33.2 Å². The van der Waals surface area contributed by atoms with Crippen molar-refractivity contribution < 1.29 is 4.79 Å². The van der Waals surface area contributed by atoms with Crippen LogP contribution < -0.4 is 4.90 Å². The summed E-state index contributed by atoms with van der Waals surface area (Å²) in [6.45, 7) is 7.52. The van der Waals surface area contributed by atoms with Gasteiger partial charge in [0, 0.05) is 26.2 Å². The first kappa shape index (κ1) is 17.4. The molecule has 0 aliphatic carbocycles. The number of hydrogen-bond acceptors (Lipinski definition) is 4. The van der Waals surface area contributed by atoms with E-state index in [2.05, 4.69) is 21.8 Å². The molecule has 1 fully saturated rings. The van der Waals surface area contributed by atoms with Crippen molar-refractivity contribution in [3.05, 3.63) is 54.0 Å². The minimum absolute atomic E-state index is 0.0716. The topological polar surface area (TPSA) is 49.3 Å². The fraction of sp³-hybridized carbons (Fsp3) is 0.450. The molecule has 5 nitrogen and oxygen atoms in total. The Bertz CT molecular complexity index is 679. The molecule has 1 aliphatic heterocycles. The van der Waals surface area contributed by atoms with Crippen molar-refractivity contribution in [2.24, 2.45) is 5.92 Å². The largest absolute Gasteiger partial charge is 0.355 e. The molecule has 0 N–H and O–H groups in total. The van der Waals surface area contributed by atoms with E-state index in [4.69, 9.17) is 0 Å². The number of anilines is 1. The lowest BCUT2D eigenvalue weighted by molar-refractivity contribution is 0.0746. The third-order valence-corrected chi connectivity index (χ3v) is 4.85. The van der Waals surface area contributed by atoms with E-state index in [9.17, 15) is 4.79 Å². The van der Waals surface area contributed by atoms with Gasteiger partial charge in [-0.25, -0.2) is 9.97 Å². The minimum Gasteiger partial charge on any atom is -0.355 e. The molecule has 1 aliphatic rings. The van der Waals surface area contributed by atoms with Crippen molar-refractivity contribution >= 4 is 11.7 Å². The maximum atomic E-state index is 12.7. The predicted molar refractivity (Wildman–Crippen MR) is 99.5 cm³/mol. The molecule has 5 heteroatoms. The number of aromatic nitrogens is 2. The van der Waals surface area contributed by atoms with Crippen LogP contribution in [0.5, 0.6) is 0 Å². The summed E-state index contributed by atoms with van der Waals surface area (Å²) in [5, 5.41) is 0. The summed E-state index contributed by atoms with van der Waals surface area (Å²) in [5.74, 6) is 1.58. The Balaban J connectivity index is 1.67. The zero-order valence-corrected chi connectivity index (χ0v) is 15.1. The summed E-state index contributed by atoms with van der Waals surface area (Å²) in [6.07, 6.45) is 5.72. The third kappa shape index (κ3) is 4.35. The average molecular weight is 338 g/mol. The molecule has 0 bridgehead atoms. The highest BCUT2D eigenvalue weighted by molar-refractivity contribution is 5.92. The van der Waals surface area contributed by atoms with Crippen LogP contribution in [0.4, 0.5) is 5.82 Å². The number of rotatable bonds is 5. The summed E-state index contributed by atoms with van der Waals surface area (Å²) < 4.78 is 0. The summed E-state index contributed by atoms with van der Waals surface area (Å²) in [7, 11) is 0. The van der Waals surface area contributed by atoms with Gasteiger partial charge < -0.3 is 9.80 Å². The minimum atomic E-state index is -0.0716. The van der Waals surface area contributed by atoms with E-state index in [0.717, 1.165) is 30.4 Å². The van der Waals surface area contributed by atoms with Crippen molar-refractivity contribution in [1.82, 2.24) is 14.9 Å². The second kappa shape index (κ2) is 8.10. The van der Waals surface area contributed by atoms with Gasteiger partial charge in [-0.15, -0.1) is 0 Å². The van der Waals surface area contributed by atoms with Gasteiger partial charge in [-0.2, -0.15) is 0 Å². The van der Waals surface area contributed by atoms with Crippen LogP contribution in [0, 0.1) is 5.92 Å². The molecule has 3 rings (SSSR count). The molecule has 1 aromatic carbocycles. The van der Waals surface area contributed by atoms with E-state index in [1.165, 1.54) is 12.8 Å². The molecule has 0 spiro atoms. The summed E-state index contributed by atoms with van der Waals surface area (Å²) in [5.41, 5.74) is 1.52.